The Morgan fingerprint density at radius 2 is 2.39 bits per heavy atom. The lowest BCUT2D eigenvalue weighted by Crippen LogP contribution is -2.27. The first-order valence-electron chi connectivity index (χ1n) is 5.90. The largest absolute Gasteiger partial charge is 0.478 e. The molecule has 1 aromatic rings. The molecular weight excluding hydrogens is 250 g/mol. The highest BCUT2D eigenvalue weighted by atomic mass is 32.2. The lowest BCUT2D eigenvalue weighted by atomic mass is 10.2. The second-order valence-electron chi connectivity index (χ2n) is 4.43. The Morgan fingerprint density at radius 3 is 3.06 bits per heavy atom. The molecular formula is C12H17N3O2S. The number of carboxylic acids is 1. The van der Waals surface area contributed by atoms with Crippen LogP contribution in [0, 0.1) is 0 Å². The minimum absolute atomic E-state index is 0.141. The average Bonchev–Trinajstić information content (AvgIpc) is 2.78. The number of hydrogen-bond donors (Lipinski definition) is 3. The van der Waals surface area contributed by atoms with E-state index in [0.29, 0.717) is 16.8 Å². The summed E-state index contributed by atoms with van der Waals surface area (Å²) in [6, 6.07) is 1.73. The van der Waals surface area contributed by atoms with Crippen LogP contribution in [0.3, 0.4) is 0 Å². The van der Waals surface area contributed by atoms with Gasteiger partial charge in [-0.15, -0.1) is 0 Å². The molecule has 0 aliphatic heterocycles. The molecule has 0 saturated heterocycles. The molecule has 2 unspecified atom stereocenters. The number of carboxylic acid groups (broad SMARTS) is 1. The van der Waals surface area contributed by atoms with Crippen LogP contribution in [0.15, 0.2) is 12.3 Å². The highest BCUT2D eigenvalue weighted by Crippen LogP contribution is 2.31. The lowest BCUT2D eigenvalue weighted by molar-refractivity contribution is 0.0697. The zero-order valence-corrected chi connectivity index (χ0v) is 11.0. The van der Waals surface area contributed by atoms with Crippen molar-refractivity contribution < 1.29 is 9.90 Å². The zero-order chi connectivity index (χ0) is 13.1. The average molecular weight is 267 g/mol. The third kappa shape index (κ3) is 2.69. The van der Waals surface area contributed by atoms with E-state index < -0.39 is 5.97 Å². The van der Waals surface area contributed by atoms with Gasteiger partial charge in [0, 0.05) is 11.3 Å². The molecule has 6 heteroatoms. The van der Waals surface area contributed by atoms with Crippen LogP contribution in [0.1, 0.15) is 29.6 Å². The van der Waals surface area contributed by atoms with Gasteiger partial charge in [-0.2, -0.15) is 11.8 Å². The number of hydrogen-bond acceptors (Lipinski definition) is 5. The predicted molar refractivity (Wildman–Crippen MR) is 74.2 cm³/mol. The number of nitrogens with one attached hydrogen (secondary N) is 1. The van der Waals surface area contributed by atoms with Gasteiger partial charge in [0.05, 0.1) is 11.9 Å². The smallest absolute Gasteiger partial charge is 0.339 e. The van der Waals surface area contributed by atoms with E-state index in [1.54, 1.807) is 0 Å². The van der Waals surface area contributed by atoms with Crippen molar-refractivity contribution in [2.75, 3.05) is 17.3 Å². The van der Waals surface area contributed by atoms with Crippen molar-refractivity contribution in [2.24, 2.45) is 0 Å². The van der Waals surface area contributed by atoms with Gasteiger partial charge in [0.15, 0.2) is 0 Å². The third-order valence-electron chi connectivity index (χ3n) is 3.22. The SMILES string of the molecule is CSC1CCCC1Nc1ncc(N)cc1C(=O)O. The maximum Gasteiger partial charge on any atom is 0.339 e. The van der Waals surface area contributed by atoms with Crippen LogP contribution in [0.5, 0.6) is 0 Å². The summed E-state index contributed by atoms with van der Waals surface area (Å²) in [4.78, 5) is 15.3. The minimum Gasteiger partial charge on any atom is -0.478 e. The summed E-state index contributed by atoms with van der Waals surface area (Å²) in [6.45, 7) is 0. The van der Waals surface area contributed by atoms with E-state index in [4.69, 9.17) is 10.8 Å². The highest BCUT2D eigenvalue weighted by molar-refractivity contribution is 7.99. The molecule has 2 rings (SSSR count). The maximum atomic E-state index is 11.2. The van der Waals surface area contributed by atoms with Gasteiger partial charge in [-0.05, 0) is 25.2 Å². The quantitative estimate of drug-likeness (QED) is 0.774. The van der Waals surface area contributed by atoms with Gasteiger partial charge in [0.2, 0.25) is 0 Å². The van der Waals surface area contributed by atoms with Crippen molar-refractivity contribution in [1.29, 1.82) is 0 Å². The van der Waals surface area contributed by atoms with Crippen molar-refractivity contribution in [3.05, 3.63) is 17.8 Å². The number of thioether (sulfide) groups is 1. The number of aromatic nitrogens is 1. The van der Waals surface area contributed by atoms with Crippen molar-refractivity contribution in [3.8, 4) is 0 Å². The maximum absolute atomic E-state index is 11.2. The molecule has 0 radical (unpaired) electrons. The highest BCUT2D eigenvalue weighted by Gasteiger charge is 2.27. The van der Waals surface area contributed by atoms with Crippen LogP contribution in [0.4, 0.5) is 11.5 Å². The number of nitrogens with zero attached hydrogens (tertiary/aromatic N) is 1. The normalized spacial score (nSPS) is 22.9. The van der Waals surface area contributed by atoms with Gasteiger partial charge in [-0.3, -0.25) is 0 Å². The van der Waals surface area contributed by atoms with E-state index in [1.807, 2.05) is 11.8 Å². The van der Waals surface area contributed by atoms with Crippen molar-refractivity contribution in [3.63, 3.8) is 0 Å². The minimum atomic E-state index is -1.00. The Labute approximate surface area is 110 Å². The van der Waals surface area contributed by atoms with E-state index in [2.05, 4.69) is 16.6 Å². The monoisotopic (exact) mass is 267 g/mol. The van der Waals surface area contributed by atoms with Crippen LogP contribution in [-0.2, 0) is 0 Å². The van der Waals surface area contributed by atoms with Gasteiger partial charge in [-0.1, -0.05) is 6.42 Å². The molecule has 18 heavy (non-hydrogen) atoms. The summed E-state index contributed by atoms with van der Waals surface area (Å²) in [5, 5.41) is 12.9. The number of aromatic carboxylic acids is 1. The third-order valence-corrected chi connectivity index (χ3v) is 4.39. The Kier molecular flexibility index (Phi) is 3.96. The number of rotatable bonds is 4. The Morgan fingerprint density at radius 1 is 1.61 bits per heavy atom. The number of nitrogens with two attached hydrogens (primary N) is 1. The van der Waals surface area contributed by atoms with E-state index in [-0.39, 0.29) is 11.6 Å². The number of carbonyl (C=O) groups is 1. The number of pyridine rings is 1. The van der Waals surface area contributed by atoms with Crippen LogP contribution in [-0.4, -0.2) is 33.6 Å². The molecule has 98 valence electrons. The van der Waals surface area contributed by atoms with E-state index in [1.165, 1.54) is 18.7 Å². The van der Waals surface area contributed by atoms with Crippen LogP contribution in [0.2, 0.25) is 0 Å². The van der Waals surface area contributed by atoms with E-state index in [9.17, 15) is 4.79 Å². The molecule has 0 amide bonds. The van der Waals surface area contributed by atoms with Gasteiger partial charge in [-0.25, -0.2) is 9.78 Å². The van der Waals surface area contributed by atoms with Gasteiger partial charge >= 0.3 is 5.97 Å². The predicted octanol–water partition coefficient (Wildman–Crippen LogP) is 2.06. The summed E-state index contributed by atoms with van der Waals surface area (Å²) < 4.78 is 0. The second kappa shape index (κ2) is 5.48. The summed E-state index contributed by atoms with van der Waals surface area (Å²) in [6.07, 6.45) is 6.95. The molecule has 0 spiro atoms. The molecule has 1 heterocycles. The van der Waals surface area contributed by atoms with Crippen LogP contribution in [0.25, 0.3) is 0 Å². The standard InChI is InChI=1S/C12H17N3O2S/c1-18-10-4-2-3-9(10)15-11-8(12(16)17)5-7(13)6-14-11/h5-6,9-10H,2-4,13H2,1H3,(H,14,15)(H,16,17). The van der Waals surface area contributed by atoms with Crippen molar-refractivity contribution in [1.82, 2.24) is 4.98 Å². The molecule has 5 nitrogen and oxygen atoms in total. The van der Waals surface area contributed by atoms with Gasteiger partial charge in [0.1, 0.15) is 11.4 Å². The molecule has 1 aliphatic rings. The molecule has 1 fully saturated rings. The molecule has 1 aromatic heterocycles. The summed E-state index contributed by atoms with van der Waals surface area (Å²) >= 11 is 1.81. The first kappa shape index (κ1) is 13.0. The molecule has 0 aromatic carbocycles. The van der Waals surface area contributed by atoms with Gasteiger partial charge in [0.25, 0.3) is 0 Å². The van der Waals surface area contributed by atoms with Crippen molar-refractivity contribution in [2.45, 2.75) is 30.6 Å². The van der Waals surface area contributed by atoms with Gasteiger partial charge < -0.3 is 16.2 Å². The summed E-state index contributed by atoms with van der Waals surface area (Å²) in [7, 11) is 0. The second-order valence-corrected chi connectivity index (χ2v) is 5.50. The zero-order valence-electron chi connectivity index (χ0n) is 10.2. The molecule has 1 aliphatic carbocycles. The Hall–Kier alpha value is -1.43. The first-order chi connectivity index (χ1) is 8.61. The fraction of sp³-hybridized carbons (Fsp3) is 0.500. The van der Waals surface area contributed by atoms with Crippen molar-refractivity contribution >= 4 is 29.2 Å². The Balaban J connectivity index is 2.20. The number of nitrogen functional groups attached to an aromatic ring is 1. The Bertz CT molecular complexity index is 453. The molecule has 4 N–H and O–H groups in total. The molecule has 2 atom stereocenters. The van der Waals surface area contributed by atoms with E-state index >= 15 is 0 Å². The number of anilines is 2. The fourth-order valence-electron chi connectivity index (χ4n) is 2.31. The first-order valence-corrected chi connectivity index (χ1v) is 7.18. The van der Waals surface area contributed by atoms with Crippen LogP contribution >= 0.6 is 11.8 Å². The topological polar surface area (TPSA) is 88.2 Å². The summed E-state index contributed by atoms with van der Waals surface area (Å²) in [5.74, 6) is -0.585. The van der Waals surface area contributed by atoms with E-state index in [0.717, 1.165) is 12.8 Å². The summed E-state index contributed by atoms with van der Waals surface area (Å²) in [5.41, 5.74) is 6.08. The molecule has 0 bridgehead atoms. The lowest BCUT2D eigenvalue weighted by Gasteiger charge is -2.20. The van der Waals surface area contributed by atoms with Crippen LogP contribution < -0.4 is 11.1 Å². The fourth-order valence-corrected chi connectivity index (χ4v) is 3.24. The molecule has 1 saturated carbocycles.